The van der Waals surface area contributed by atoms with Gasteiger partial charge in [-0.2, -0.15) is 0 Å². The van der Waals surface area contributed by atoms with E-state index < -0.39 is 6.36 Å². The molecule has 5 nitrogen and oxygen atoms in total. The molecule has 1 fully saturated rings. The molecule has 0 aliphatic carbocycles. The third kappa shape index (κ3) is 8.47. The minimum absolute atomic E-state index is 0.194. The second-order valence-electron chi connectivity index (χ2n) is 7.99. The summed E-state index contributed by atoms with van der Waals surface area (Å²) in [7, 11) is 1.73. The Kier molecular flexibility index (Phi) is 8.69. The molecular weight excluding hydrogens is 407 g/mol. The Morgan fingerprint density at radius 1 is 1.00 bits per heavy atom. The number of piperidine rings is 1. The van der Waals surface area contributed by atoms with Crippen LogP contribution in [-0.2, 0) is 17.8 Å². The van der Waals surface area contributed by atoms with Gasteiger partial charge in [0.05, 0.1) is 6.61 Å². The summed E-state index contributed by atoms with van der Waals surface area (Å²) in [5.41, 5.74) is 2.13. The van der Waals surface area contributed by atoms with Crippen LogP contribution >= 0.6 is 0 Å². The number of aromatic nitrogens is 1. The molecule has 0 N–H and O–H groups in total. The highest BCUT2D eigenvalue weighted by molar-refractivity contribution is 5.27. The van der Waals surface area contributed by atoms with Crippen molar-refractivity contribution in [1.82, 2.24) is 14.8 Å². The summed E-state index contributed by atoms with van der Waals surface area (Å²) in [6, 6.07) is 10.2. The van der Waals surface area contributed by atoms with Crippen molar-refractivity contribution >= 4 is 0 Å². The van der Waals surface area contributed by atoms with Crippen LogP contribution in [0.2, 0.25) is 0 Å². The quantitative estimate of drug-likeness (QED) is 0.553. The SMILES string of the molecule is COCCN1CCC(CN(Cc2ccncc2)Cc2ccc(OC(F)(F)F)cc2)CC1. The number of halogens is 3. The van der Waals surface area contributed by atoms with E-state index in [4.69, 9.17) is 4.74 Å². The molecule has 1 aliphatic rings. The van der Waals surface area contributed by atoms with E-state index in [0.29, 0.717) is 12.5 Å². The van der Waals surface area contributed by atoms with Gasteiger partial charge in [-0.05, 0) is 67.2 Å². The van der Waals surface area contributed by atoms with E-state index in [0.717, 1.165) is 57.7 Å². The van der Waals surface area contributed by atoms with Crippen molar-refractivity contribution in [1.29, 1.82) is 0 Å². The lowest BCUT2D eigenvalue weighted by Crippen LogP contribution is -2.39. The van der Waals surface area contributed by atoms with Gasteiger partial charge in [0.15, 0.2) is 0 Å². The van der Waals surface area contributed by atoms with Crippen molar-refractivity contribution < 1.29 is 22.6 Å². The summed E-state index contributed by atoms with van der Waals surface area (Å²) < 4.78 is 46.4. The second kappa shape index (κ2) is 11.5. The summed E-state index contributed by atoms with van der Waals surface area (Å²) in [5.74, 6) is 0.397. The summed E-state index contributed by atoms with van der Waals surface area (Å²) in [5, 5.41) is 0. The van der Waals surface area contributed by atoms with Crippen LogP contribution in [0.3, 0.4) is 0 Å². The number of rotatable bonds is 10. The number of pyridine rings is 1. The molecule has 1 aliphatic heterocycles. The molecule has 0 radical (unpaired) electrons. The number of alkyl halides is 3. The van der Waals surface area contributed by atoms with E-state index in [1.165, 1.54) is 17.7 Å². The van der Waals surface area contributed by atoms with Gasteiger partial charge in [-0.25, -0.2) is 0 Å². The van der Waals surface area contributed by atoms with Crippen molar-refractivity contribution in [3.8, 4) is 5.75 Å². The van der Waals surface area contributed by atoms with Gasteiger partial charge in [0, 0.05) is 45.7 Å². The first-order valence-corrected chi connectivity index (χ1v) is 10.6. The van der Waals surface area contributed by atoms with Crippen molar-refractivity contribution in [3.63, 3.8) is 0 Å². The Hall–Kier alpha value is -2.16. The lowest BCUT2D eigenvalue weighted by atomic mass is 9.95. The molecule has 0 amide bonds. The number of hydrogen-bond donors (Lipinski definition) is 0. The van der Waals surface area contributed by atoms with Crippen LogP contribution in [0.5, 0.6) is 5.75 Å². The summed E-state index contributed by atoms with van der Waals surface area (Å²) in [6.45, 7) is 6.25. The van der Waals surface area contributed by atoms with E-state index in [-0.39, 0.29) is 5.75 Å². The van der Waals surface area contributed by atoms with Crippen LogP contribution in [0.4, 0.5) is 13.2 Å². The molecule has 3 rings (SSSR count). The maximum Gasteiger partial charge on any atom is 0.573 e. The topological polar surface area (TPSA) is 37.8 Å². The first kappa shape index (κ1) is 23.5. The predicted octanol–water partition coefficient (Wildman–Crippen LogP) is 4.34. The van der Waals surface area contributed by atoms with Gasteiger partial charge < -0.3 is 14.4 Å². The Morgan fingerprint density at radius 3 is 2.19 bits per heavy atom. The largest absolute Gasteiger partial charge is 0.573 e. The molecule has 0 spiro atoms. The van der Waals surface area contributed by atoms with E-state index in [1.807, 2.05) is 12.1 Å². The minimum Gasteiger partial charge on any atom is -0.406 e. The highest BCUT2D eigenvalue weighted by Gasteiger charge is 2.31. The average molecular weight is 438 g/mol. The Labute approximate surface area is 181 Å². The molecule has 1 saturated heterocycles. The third-order valence-corrected chi connectivity index (χ3v) is 5.55. The fraction of sp³-hybridized carbons (Fsp3) is 0.522. The number of benzene rings is 1. The zero-order chi connectivity index (χ0) is 22.1. The van der Waals surface area contributed by atoms with Crippen molar-refractivity contribution in [2.75, 3.05) is 39.9 Å². The van der Waals surface area contributed by atoms with E-state index in [1.54, 1.807) is 31.6 Å². The molecule has 8 heteroatoms. The molecule has 1 aromatic carbocycles. The lowest BCUT2D eigenvalue weighted by Gasteiger charge is -2.35. The first-order chi connectivity index (χ1) is 14.9. The Morgan fingerprint density at radius 2 is 1.61 bits per heavy atom. The molecule has 0 unspecified atom stereocenters. The minimum atomic E-state index is -4.67. The van der Waals surface area contributed by atoms with Gasteiger partial charge in [0.1, 0.15) is 5.75 Å². The number of ether oxygens (including phenoxy) is 2. The Balaban J connectivity index is 1.60. The fourth-order valence-corrected chi connectivity index (χ4v) is 3.96. The van der Waals surface area contributed by atoms with Crippen molar-refractivity contribution in [2.24, 2.45) is 5.92 Å². The van der Waals surface area contributed by atoms with Crippen LogP contribution in [0.15, 0.2) is 48.8 Å². The highest BCUT2D eigenvalue weighted by Crippen LogP contribution is 2.24. The monoisotopic (exact) mass is 437 g/mol. The molecule has 0 saturated carbocycles. The standard InChI is InChI=1S/C23H30F3N3O2/c1-30-15-14-28-12-8-21(9-13-28)18-29(17-20-6-10-27-11-7-20)16-19-2-4-22(5-3-19)31-23(24,25)26/h2-7,10-11,21H,8-9,12-18H2,1H3. The summed E-state index contributed by atoms with van der Waals surface area (Å²) >= 11 is 0. The van der Waals surface area contributed by atoms with Gasteiger partial charge in [-0.15, -0.1) is 13.2 Å². The van der Waals surface area contributed by atoms with Gasteiger partial charge in [-0.3, -0.25) is 9.88 Å². The zero-order valence-electron chi connectivity index (χ0n) is 17.9. The van der Waals surface area contributed by atoms with E-state index in [9.17, 15) is 13.2 Å². The van der Waals surface area contributed by atoms with Gasteiger partial charge in [0.2, 0.25) is 0 Å². The van der Waals surface area contributed by atoms with Crippen molar-refractivity contribution in [2.45, 2.75) is 32.3 Å². The Bertz CT molecular complexity index is 764. The molecule has 31 heavy (non-hydrogen) atoms. The molecule has 1 aromatic heterocycles. The molecular formula is C23H30F3N3O2. The van der Waals surface area contributed by atoms with Crippen LogP contribution in [0.25, 0.3) is 0 Å². The normalized spacial score (nSPS) is 16.0. The smallest absolute Gasteiger partial charge is 0.406 e. The third-order valence-electron chi connectivity index (χ3n) is 5.55. The van der Waals surface area contributed by atoms with Crippen molar-refractivity contribution in [3.05, 3.63) is 59.9 Å². The molecule has 0 bridgehead atoms. The van der Waals surface area contributed by atoms with Crippen LogP contribution in [0, 0.1) is 5.92 Å². The average Bonchev–Trinajstić information content (AvgIpc) is 2.74. The molecule has 0 atom stereocenters. The fourth-order valence-electron chi connectivity index (χ4n) is 3.96. The maximum absolute atomic E-state index is 12.4. The summed E-state index contributed by atoms with van der Waals surface area (Å²) in [6.07, 6.45) is 1.16. The number of nitrogens with zero attached hydrogens (tertiary/aromatic N) is 3. The number of likely N-dealkylation sites (tertiary alicyclic amines) is 1. The predicted molar refractivity (Wildman–Crippen MR) is 113 cm³/mol. The first-order valence-electron chi connectivity index (χ1n) is 10.6. The van der Waals surface area contributed by atoms with Gasteiger partial charge >= 0.3 is 6.36 Å². The second-order valence-corrected chi connectivity index (χ2v) is 7.99. The van der Waals surface area contributed by atoms with E-state index >= 15 is 0 Å². The van der Waals surface area contributed by atoms with Crippen LogP contribution in [0.1, 0.15) is 24.0 Å². The van der Waals surface area contributed by atoms with E-state index in [2.05, 4.69) is 19.5 Å². The lowest BCUT2D eigenvalue weighted by molar-refractivity contribution is -0.274. The van der Waals surface area contributed by atoms with Crippen LogP contribution in [-0.4, -0.2) is 61.0 Å². The maximum atomic E-state index is 12.4. The molecule has 2 heterocycles. The summed E-state index contributed by atoms with van der Waals surface area (Å²) in [4.78, 5) is 8.89. The highest BCUT2D eigenvalue weighted by atomic mass is 19.4. The van der Waals surface area contributed by atoms with Crippen LogP contribution < -0.4 is 4.74 Å². The van der Waals surface area contributed by atoms with Gasteiger partial charge in [-0.1, -0.05) is 12.1 Å². The molecule has 2 aromatic rings. The van der Waals surface area contributed by atoms with Gasteiger partial charge in [0.25, 0.3) is 0 Å². The molecule has 170 valence electrons. The number of hydrogen-bond acceptors (Lipinski definition) is 5. The number of methoxy groups -OCH3 is 1. The zero-order valence-corrected chi connectivity index (χ0v) is 17.9.